The quantitative estimate of drug-likeness (QED) is 0.623. The number of pyridine rings is 1. The average molecular weight is 444 g/mol. The fourth-order valence-corrected chi connectivity index (χ4v) is 3.47. The summed E-state index contributed by atoms with van der Waals surface area (Å²) in [6.45, 7) is 2.06. The standard InChI is InChI=1S/C21H22ClN5O4/c22-14-4-5-16-15(11-14)21(29)25-7-2-9-27(12-18(28)23-8-10-30-16)13-19-26-20-17(31-19)3-1-6-24-20/h1,3-6,11H,2,7-10,12-13H2,(H,23,28)(H,25,29). The Morgan fingerprint density at radius 3 is 2.94 bits per heavy atom. The van der Waals surface area contributed by atoms with Crippen molar-refractivity contribution in [3.05, 3.63) is 53.0 Å². The number of amides is 2. The van der Waals surface area contributed by atoms with Crippen LogP contribution in [0.3, 0.4) is 0 Å². The summed E-state index contributed by atoms with van der Waals surface area (Å²) >= 11 is 6.04. The van der Waals surface area contributed by atoms with E-state index in [2.05, 4.69) is 20.6 Å². The van der Waals surface area contributed by atoms with Gasteiger partial charge in [-0.25, -0.2) is 4.98 Å². The van der Waals surface area contributed by atoms with Gasteiger partial charge in [0, 0.05) is 24.3 Å². The van der Waals surface area contributed by atoms with Crippen LogP contribution in [0.25, 0.3) is 11.2 Å². The first-order chi connectivity index (χ1) is 15.1. The number of carbonyl (C=O) groups is 2. The fraction of sp³-hybridized carbons (Fsp3) is 0.333. The number of hydrogen-bond donors (Lipinski definition) is 2. The highest BCUT2D eigenvalue weighted by Gasteiger charge is 2.17. The van der Waals surface area contributed by atoms with Crippen molar-refractivity contribution in [3.63, 3.8) is 0 Å². The molecule has 1 aliphatic heterocycles. The van der Waals surface area contributed by atoms with Crippen LogP contribution in [0.5, 0.6) is 5.75 Å². The van der Waals surface area contributed by atoms with Gasteiger partial charge in [-0.1, -0.05) is 11.6 Å². The van der Waals surface area contributed by atoms with Crippen molar-refractivity contribution in [2.24, 2.45) is 0 Å². The van der Waals surface area contributed by atoms with E-state index in [9.17, 15) is 9.59 Å². The molecule has 0 radical (unpaired) electrons. The van der Waals surface area contributed by atoms with Crippen LogP contribution in [-0.2, 0) is 11.3 Å². The van der Waals surface area contributed by atoms with Crippen molar-refractivity contribution in [2.75, 3.05) is 32.8 Å². The average Bonchev–Trinajstić information content (AvgIpc) is 3.16. The maximum atomic E-state index is 12.6. The van der Waals surface area contributed by atoms with E-state index >= 15 is 0 Å². The first kappa shape index (κ1) is 21.1. The highest BCUT2D eigenvalue weighted by molar-refractivity contribution is 6.31. The lowest BCUT2D eigenvalue weighted by Gasteiger charge is -2.21. The van der Waals surface area contributed by atoms with Crippen molar-refractivity contribution in [3.8, 4) is 5.75 Å². The minimum Gasteiger partial charge on any atom is -0.491 e. The predicted octanol–water partition coefficient (Wildman–Crippen LogP) is 2.01. The highest BCUT2D eigenvalue weighted by atomic mass is 35.5. The summed E-state index contributed by atoms with van der Waals surface area (Å²) in [5, 5.41) is 6.17. The van der Waals surface area contributed by atoms with Crippen LogP contribution in [0.2, 0.25) is 5.02 Å². The van der Waals surface area contributed by atoms with Gasteiger partial charge >= 0.3 is 0 Å². The van der Waals surface area contributed by atoms with E-state index in [0.29, 0.717) is 66.1 Å². The van der Waals surface area contributed by atoms with Crippen molar-refractivity contribution in [1.29, 1.82) is 0 Å². The van der Waals surface area contributed by atoms with E-state index in [0.717, 1.165) is 0 Å². The number of benzene rings is 1. The Hall–Kier alpha value is -3.17. The number of ether oxygens (including phenoxy) is 1. The van der Waals surface area contributed by atoms with Crippen LogP contribution in [-0.4, -0.2) is 59.5 Å². The van der Waals surface area contributed by atoms with Gasteiger partial charge in [0.25, 0.3) is 5.91 Å². The summed E-state index contributed by atoms with van der Waals surface area (Å²) < 4.78 is 11.4. The van der Waals surface area contributed by atoms with Gasteiger partial charge in [0.05, 0.1) is 25.2 Å². The molecule has 9 nitrogen and oxygen atoms in total. The SMILES string of the molecule is O=C1CN(Cc2nc3ncccc3o2)CCCNC(=O)c2cc(Cl)ccc2OCCN1. The molecule has 0 bridgehead atoms. The number of halogens is 1. The highest BCUT2D eigenvalue weighted by Crippen LogP contribution is 2.23. The zero-order valence-corrected chi connectivity index (χ0v) is 17.5. The Balaban J connectivity index is 1.45. The Kier molecular flexibility index (Phi) is 6.63. The number of aromatic nitrogens is 2. The molecule has 2 N–H and O–H groups in total. The maximum absolute atomic E-state index is 12.6. The lowest BCUT2D eigenvalue weighted by Crippen LogP contribution is -2.40. The molecule has 0 saturated heterocycles. The third-order valence-corrected chi connectivity index (χ3v) is 4.98. The van der Waals surface area contributed by atoms with E-state index in [-0.39, 0.29) is 25.0 Å². The summed E-state index contributed by atoms with van der Waals surface area (Å²) in [5.74, 6) is 0.531. The first-order valence-electron chi connectivity index (χ1n) is 9.98. The Morgan fingerprint density at radius 1 is 1.16 bits per heavy atom. The monoisotopic (exact) mass is 443 g/mol. The lowest BCUT2D eigenvalue weighted by atomic mass is 10.2. The van der Waals surface area contributed by atoms with Gasteiger partial charge in [0.2, 0.25) is 11.8 Å². The summed E-state index contributed by atoms with van der Waals surface area (Å²) in [7, 11) is 0. The Bertz CT molecular complexity index is 1050. The van der Waals surface area contributed by atoms with Crippen molar-refractivity contribution in [1.82, 2.24) is 25.5 Å². The van der Waals surface area contributed by atoms with E-state index in [1.54, 1.807) is 36.5 Å². The molecular weight excluding hydrogens is 422 g/mol. The molecule has 0 fully saturated rings. The molecule has 1 aromatic carbocycles. The van der Waals surface area contributed by atoms with Crippen LogP contribution >= 0.6 is 11.6 Å². The van der Waals surface area contributed by atoms with Gasteiger partial charge in [0.1, 0.15) is 12.4 Å². The van der Waals surface area contributed by atoms with Crippen LogP contribution in [0.1, 0.15) is 22.7 Å². The first-order valence-corrected chi connectivity index (χ1v) is 10.4. The zero-order chi connectivity index (χ0) is 21.6. The van der Waals surface area contributed by atoms with E-state index in [4.69, 9.17) is 20.8 Å². The molecule has 0 unspecified atom stereocenters. The smallest absolute Gasteiger partial charge is 0.255 e. The number of carbonyl (C=O) groups excluding carboxylic acids is 2. The molecule has 4 rings (SSSR count). The summed E-state index contributed by atoms with van der Waals surface area (Å²) in [5.41, 5.74) is 1.50. The molecule has 1 aliphatic rings. The third-order valence-electron chi connectivity index (χ3n) is 4.74. The van der Waals surface area contributed by atoms with Gasteiger partial charge in [-0.05, 0) is 36.8 Å². The van der Waals surface area contributed by atoms with Crippen LogP contribution in [0.15, 0.2) is 40.9 Å². The lowest BCUT2D eigenvalue weighted by molar-refractivity contribution is -0.122. The summed E-state index contributed by atoms with van der Waals surface area (Å²) in [6.07, 6.45) is 2.29. The second-order valence-electron chi connectivity index (χ2n) is 7.09. The molecule has 31 heavy (non-hydrogen) atoms. The molecule has 162 valence electrons. The molecule has 10 heteroatoms. The van der Waals surface area contributed by atoms with Gasteiger partial charge in [-0.2, -0.15) is 4.98 Å². The topological polar surface area (TPSA) is 110 Å². The fourth-order valence-electron chi connectivity index (χ4n) is 3.30. The number of fused-ring (bicyclic) bond motifs is 2. The molecule has 0 aliphatic carbocycles. The third kappa shape index (κ3) is 5.50. The number of hydrogen-bond acceptors (Lipinski definition) is 7. The van der Waals surface area contributed by atoms with Gasteiger partial charge < -0.3 is 19.8 Å². The second kappa shape index (κ2) is 9.76. The van der Waals surface area contributed by atoms with Crippen molar-refractivity contribution in [2.45, 2.75) is 13.0 Å². The van der Waals surface area contributed by atoms with Crippen LogP contribution < -0.4 is 15.4 Å². The number of oxazole rings is 1. The number of rotatable bonds is 2. The summed E-state index contributed by atoms with van der Waals surface area (Å²) in [4.78, 5) is 35.5. The van der Waals surface area contributed by atoms with Gasteiger partial charge in [-0.3, -0.25) is 14.5 Å². The predicted molar refractivity (Wildman–Crippen MR) is 114 cm³/mol. The zero-order valence-electron chi connectivity index (χ0n) is 16.8. The second-order valence-corrected chi connectivity index (χ2v) is 7.53. The molecule has 2 aromatic heterocycles. The van der Waals surface area contributed by atoms with Crippen LogP contribution in [0, 0.1) is 0 Å². The molecule has 0 saturated carbocycles. The van der Waals surface area contributed by atoms with E-state index < -0.39 is 0 Å². The maximum Gasteiger partial charge on any atom is 0.255 e. The Labute approximate surface area is 183 Å². The minimum absolute atomic E-state index is 0.129. The molecule has 2 amide bonds. The van der Waals surface area contributed by atoms with Gasteiger partial charge in [-0.15, -0.1) is 0 Å². The van der Waals surface area contributed by atoms with E-state index in [1.165, 1.54) is 0 Å². The number of nitrogens with one attached hydrogen (secondary N) is 2. The summed E-state index contributed by atoms with van der Waals surface area (Å²) in [6, 6.07) is 8.47. The molecule has 0 spiro atoms. The minimum atomic E-state index is -0.254. The molecular formula is C21H22ClN5O4. The molecule has 0 atom stereocenters. The van der Waals surface area contributed by atoms with E-state index in [1.807, 2.05) is 4.90 Å². The van der Waals surface area contributed by atoms with Crippen LogP contribution in [0.4, 0.5) is 0 Å². The Morgan fingerprint density at radius 2 is 2.06 bits per heavy atom. The normalized spacial score (nSPS) is 16.7. The largest absolute Gasteiger partial charge is 0.491 e. The van der Waals surface area contributed by atoms with Gasteiger partial charge in [0.15, 0.2) is 11.2 Å². The molecule has 3 aromatic rings. The van der Waals surface area contributed by atoms with Crippen molar-refractivity contribution < 1.29 is 18.7 Å². The number of nitrogens with zero attached hydrogens (tertiary/aromatic N) is 3. The van der Waals surface area contributed by atoms with Crippen molar-refractivity contribution >= 4 is 34.6 Å². The molecule has 3 heterocycles.